The molecule has 4 heteroatoms. The molecule has 3 heterocycles. The second kappa shape index (κ2) is 5.14. The summed E-state index contributed by atoms with van der Waals surface area (Å²) in [5, 5.41) is 0. The summed E-state index contributed by atoms with van der Waals surface area (Å²) in [6.07, 6.45) is 6.28. The quantitative estimate of drug-likeness (QED) is 0.491. The highest BCUT2D eigenvalue weighted by Gasteiger charge is 2.09. The average Bonchev–Trinajstić information content (AvgIpc) is 3.16. The van der Waals surface area contributed by atoms with Gasteiger partial charge >= 0.3 is 0 Å². The molecule has 3 rings (SSSR count). The van der Waals surface area contributed by atoms with Crippen molar-refractivity contribution in [2.45, 2.75) is 0 Å². The third-order valence-corrected chi connectivity index (χ3v) is 6.09. The van der Waals surface area contributed by atoms with Crippen molar-refractivity contribution in [2.24, 2.45) is 0 Å². The standard InChI is InChI=1S/C15H8OS3/c1-2-10-3-5-12(17-10)14-7-8-15(19-14)13-6-4-11(9-16)18-13/h1,3-9H. The van der Waals surface area contributed by atoms with Crippen LogP contribution < -0.4 is 0 Å². The van der Waals surface area contributed by atoms with Crippen molar-refractivity contribution in [1.29, 1.82) is 0 Å². The molecule has 19 heavy (non-hydrogen) atoms. The number of rotatable bonds is 3. The molecule has 3 aromatic rings. The fraction of sp³-hybridized carbons (Fsp3) is 0. The summed E-state index contributed by atoms with van der Waals surface area (Å²) in [5.41, 5.74) is 0. The highest BCUT2D eigenvalue weighted by Crippen LogP contribution is 2.39. The van der Waals surface area contributed by atoms with Crippen LogP contribution in [0.15, 0.2) is 36.4 Å². The van der Waals surface area contributed by atoms with Crippen LogP contribution in [0.5, 0.6) is 0 Å². The van der Waals surface area contributed by atoms with Gasteiger partial charge in [-0.1, -0.05) is 5.92 Å². The predicted octanol–water partition coefficient (Wildman–Crippen LogP) is 5.00. The first-order valence-electron chi connectivity index (χ1n) is 5.52. The maximum Gasteiger partial charge on any atom is 0.160 e. The van der Waals surface area contributed by atoms with Crippen LogP contribution in [-0.2, 0) is 0 Å². The number of hydrogen-bond donors (Lipinski definition) is 0. The monoisotopic (exact) mass is 300 g/mol. The van der Waals surface area contributed by atoms with E-state index in [2.05, 4.69) is 24.1 Å². The lowest BCUT2D eigenvalue weighted by Gasteiger charge is -1.90. The summed E-state index contributed by atoms with van der Waals surface area (Å²) >= 11 is 4.87. The highest BCUT2D eigenvalue weighted by molar-refractivity contribution is 7.26. The summed E-state index contributed by atoms with van der Waals surface area (Å²) in [6.45, 7) is 0. The number of carbonyl (C=O) groups is 1. The van der Waals surface area contributed by atoms with E-state index in [1.807, 2.05) is 18.2 Å². The Morgan fingerprint density at radius 1 is 0.842 bits per heavy atom. The first kappa shape index (κ1) is 12.4. The van der Waals surface area contributed by atoms with E-state index in [0.717, 1.165) is 20.9 Å². The Hall–Kier alpha value is -1.67. The number of aldehydes is 1. The maximum absolute atomic E-state index is 10.7. The summed E-state index contributed by atoms with van der Waals surface area (Å²) in [6, 6.07) is 12.1. The van der Waals surface area contributed by atoms with E-state index in [1.165, 1.54) is 26.0 Å². The normalized spacial score (nSPS) is 10.3. The van der Waals surface area contributed by atoms with Gasteiger partial charge < -0.3 is 0 Å². The zero-order chi connectivity index (χ0) is 13.2. The van der Waals surface area contributed by atoms with Crippen LogP contribution in [0.4, 0.5) is 0 Å². The van der Waals surface area contributed by atoms with Gasteiger partial charge in [0.15, 0.2) is 6.29 Å². The van der Waals surface area contributed by atoms with Gasteiger partial charge in [-0.15, -0.1) is 40.4 Å². The van der Waals surface area contributed by atoms with E-state index >= 15 is 0 Å². The molecule has 0 N–H and O–H groups in total. The Morgan fingerprint density at radius 3 is 2.00 bits per heavy atom. The summed E-state index contributed by atoms with van der Waals surface area (Å²) in [5.74, 6) is 2.65. The topological polar surface area (TPSA) is 17.1 Å². The van der Waals surface area contributed by atoms with Crippen molar-refractivity contribution in [1.82, 2.24) is 0 Å². The van der Waals surface area contributed by atoms with Crippen LogP contribution in [0.25, 0.3) is 19.5 Å². The zero-order valence-electron chi connectivity index (χ0n) is 9.75. The number of terminal acetylenes is 1. The molecular weight excluding hydrogens is 292 g/mol. The molecule has 0 bridgehead atoms. The number of thiophene rings is 3. The van der Waals surface area contributed by atoms with E-state index in [9.17, 15) is 4.79 Å². The van der Waals surface area contributed by atoms with Gasteiger partial charge in [0.05, 0.1) is 9.75 Å². The molecule has 0 atom stereocenters. The smallest absolute Gasteiger partial charge is 0.160 e. The van der Waals surface area contributed by atoms with Crippen LogP contribution >= 0.6 is 34.0 Å². The van der Waals surface area contributed by atoms with Crippen molar-refractivity contribution >= 4 is 40.3 Å². The molecule has 0 spiro atoms. The molecule has 0 radical (unpaired) electrons. The van der Waals surface area contributed by atoms with Crippen molar-refractivity contribution in [2.75, 3.05) is 0 Å². The Labute approximate surface area is 123 Å². The molecule has 0 aromatic carbocycles. The second-order valence-electron chi connectivity index (χ2n) is 3.79. The van der Waals surface area contributed by atoms with Crippen LogP contribution in [0, 0.1) is 12.3 Å². The summed E-state index contributed by atoms with van der Waals surface area (Å²) in [4.78, 5) is 17.1. The molecule has 0 amide bonds. The Kier molecular flexibility index (Phi) is 3.34. The fourth-order valence-electron chi connectivity index (χ4n) is 1.70. The largest absolute Gasteiger partial charge is 0.297 e. The van der Waals surface area contributed by atoms with Gasteiger partial charge in [-0.2, -0.15) is 0 Å². The molecule has 0 aliphatic carbocycles. The van der Waals surface area contributed by atoms with Gasteiger partial charge in [0.2, 0.25) is 0 Å². The average molecular weight is 300 g/mol. The number of carbonyl (C=O) groups excluding carboxylic acids is 1. The first-order valence-corrected chi connectivity index (χ1v) is 7.97. The fourth-order valence-corrected chi connectivity index (χ4v) is 4.53. The molecule has 0 aliphatic rings. The Balaban J connectivity index is 1.95. The minimum Gasteiger partial charge on any atom is -0.297 e. The van der Waals surface area contributed by atoms with Crippen LogP contribution in [0.2, 0.25) is 0 Å². The zero-order valence-corrected chi connectivity index (χ0v) is 12.2. The van der Waals surface area contributed by atoms with Crippen LogP contribution in [0.1, 0.15) is 14.5 Å². The minimum atomic E-state index is 0.760. The third-order valence-electron chi connectivity index (χ3n) is 2.58. The predicted molar refractivity (Wildman–Crippen MR) is 84.3 cm³/mol. The first-order chi connectivity index (χ1) is 9.30. The molecule has 1 nitrogen and oxygen atoms in total. The second-order valence-corrected chi connectivity index (χ2v) is 7.07. The van der Waals surface area contributed by atoms with Crippen molar-refractivity contribution in [3.63, 3.8) is 0 Å². The lowest BCUT2D eigenvalue weighted by molar-refractivity contribution is 0.112. The van der Waals surface area contributed by atoms with Gasteiger partial charge in [-0.25, -0.2) is 0 Å². The van der Waals surface area contributed by atoms with Crippen LogP contribution in [-0.4, -0.2) is 6.29 Å². The van der Waals surface area contributed by atoms with E-state index in [1.54, 1.807) is 22.7 Å². The molecule has 0 unspecified atom stereocenters. The molecular formula is C15H8OS3. The highest BCUT2D eigenvalue weighted by atomic mass is 32.1. The lowest BCUT2D eigenvalue weighted by Crippen LogP contribution is -1.62. The molecule has 92 valence electrons. The molecule has 3 aromatic heterocycles. The minimum absolute atomic E-state index is 0.760. The molecule has 0 fully saturated rings. The molecule has 0 saturated heterocycles. The van der Waals surface area contributed by atoms with Gasteiger partial charge in [0.1, 0.15) is 0 Å². The van der Waals surface area contributed by atoms with E-state index in [4.69, 9.17) is 6.42 Å². The number of hydrogen-bond acceptors (Lipinski definition) is 4. The Morgan fingerprint density at radius 2 is 1.42 bits per heavy atom. The molecule has 0 saturated carbocycles. The van der Waals surface area contributed by atoms with Crippen molar-refractivity contribution in [3.05, 3.63) is 46.2 Å². The lowest BCUT2D eigenvalue weighted by atomic mass is 10.3. The van der Waals surface area contributed by atoms with Gasteiger partial charge in [0, 0.05) is 19.5 Å². The van der Waals surface area contributed by atoms with Gasteiger partial charge in [-0.3, -0.25) is 4.79 Å². The van der Waals surface area contributed by atoms with Crippen molar-refractivity contribution < 1.29 is 4.79 Å². The van der Waals surface area contributed by atoms with Gasteiger partial charge in [-0.05, 0) is 36.4 Å². The Bertz CT molecular complexity index is 767. The van der Waals surface area contributed by atoms with E-state index < -0.39 is 0 Å². The van der Waals surface area contributed by atoms with Gasteiger partial charge in [0.25, 0.3) is 0 Å². The third kappa shape index (κ3) is 2.41. The van der Waals surface area contributed by atoms with E-state index in [-0.39, 0.29) is 0 Å². The maximum atomic E-state index is 10.7. The SMILES string of the molecule is C#Cc1ccc(-c2ccc(-c3ccc(C=O)s3)s2)s1. The van der Waals surface area contributed by atoms with Crippen LogP contribution in [0.3, 0.4) is 0 Å². The van der Waals surface area contributed by atoms with E-state index in [0.29, 0.717) is 0 Å². The summed E-state index contributed by atoms with van der Waals surface area (Å²) < 4.78 is 0. The summed E-state index contributed by atoms with van der Waals surface area (Å²) in [7, 11) is 0. The molecule has 0 aliphatic heterocycles. The van der Waals surface area contributed by atoms with Crippen molar-refractivity contribution in [3.8, 4) is 31.9 Å².